The molecular formula is C17H22N2O5. The molecule has 1 N–H and O–H groups in total. The number of hydrogen-bond donors (Lipinski definition) is 1. The fourth-order valence-corrected chi connectivity index (χ4v) is 3.59. The predicted molar refractivity (Wildman–Crippen MR) is 86.2 cm³/mol. The van der Waals surface area contributed by atoms with Crippen LogP contribution in [-0.4, -0.2) is 51.1 Å². The molecule has 0 aliphatic carbocycles. The summed E-state index contributed by atoms with van der Waals surface area (Å²) in [5.41, 5.74) is 0.338. The molecule has 1 unspecified atom stereocenters. The van der Waals surface area contributed by atoms with Crippen molar-refractivity contribution in [1.82, 2.24) is 10.2 Å². The Kier molecular flexibility index (Phi) is 4.26. The second-order valence-electron chi connectivity index (χ2n) is 6.21. The third kappa shape index (κ3) is 2.53. The summed E-state index contributed by atoms with van der Waals surface area (Å²) in [6.07, 6.45) is 0.989. The Morgan fingerprint density at radius 2 is 1.88 bits per heavy atom. The molecular weight excluding hydrogens is 312 g/mol. The maximum absolute atomic E-state index is 12.6. The van der Waals surface area contributed by atoms with Gasteiger partial charge in [0, 0.05) is 31.6 Å². The monoisotopic (exact) mass is 334 g/mol. The minimum Gasteiger partial charge on any atom is -0.493 e. The largest absolute Gasteiger partial charge is 0.493 e. The number of hydrogen-bond acceptors (Lipinski definition) is 5. The maximum Gasteiger partial charge on any atom is 0.231 e. The Morgan fingerprint density at radius 3 is 2.46 bits per heavy atom. The smallest absolute Gasteiger partial charge is 0.231 e. The predicted octanol–water partition coefficient (Wildman–Crippen LogP) is 0.951. The fraction of sp³-hybridized carbons (Fsp3) is 0.529. The molecule has 1 aromatic carbocycles. The van der Waals surface area contributed by atoms with Gasteiger partial charge in [0.25, 0.3) is 0 Å². The van der Waals surface area contributed by atoms with Gasteiger partial charge in [-0.1, -0.05) is 0 Å². The van der Waals surface area contributed by atoms with Gasteiger partial charge in [0.1, 0.15) is 0 Å². The number of amides is 2. The van der Waals surface area contributed by atoms with E-state index in [9.17, 15) is 9.59 Å². The normalized spacial score (nSPS) is 22.9. The zero-order valence-electron chi connectivity index (χ0n) is 14.2. The van der Waals surface area contributed by atoms with E-state index >= 15 is 0 Å². The first-order valence-corrected chi connectivity index (χ1v) is 7.88. The van der Waals surface area contributed by atoms with Gasteiger partial charge in [-0.25, -0.2) is 0 Å². The summed E-state index contributed by atoms with van der Waals surface area (Å²) >= 11 is 0. The van der Waals surface area contributed by atoms with E-state index in [0.29, 0.717) is 43.3 Å². The van der Waals surface area contributed by atoms with Crippen LogP contribution in [0.15, 0.2) is 12.1 Å². The number of carbonyl (C=O) groups excluding carboxylic acids is 2. The molecule has 0 aromatic heterocycles. The number of piperidine rings is 1. The van der Waals surface area contributed by atoms with Crippen molar-refractivity contribution >= 4 is 11.8 Å². The Balaban J connectivity index is 1.78. The lowest BCUT2D eigenvalue weighted by molar-refractivity contribution is -0.167. The summed E-state index contributed by atoms with van der Waals surface area (Å²) in [5, 5.41) is 2.78. The number of methoxy groups -OCH3 is 3. The van der Waals surface area contributed by atoms with Gasteiger partial charge < -0.3 is 24.4 Å². The van der Waals surface area contributed by atoms with E-state index in [4.69, 9.17) is 14.2 Å². The maximum atomic E-state index is 12.6. The van der Waals surface area contributed by atoms with Crippen molar-refractivity contribution < 1.29 is 23.8 Å². The van der Waals surface area contributed by atoms with E-state index in [1.807, 2.05) is 6.07 Å². The summed E-state index contributed by atoms with van der Waals surface area (Å²) in [4.78, 5) is 26.0. The van der Waals surface area contributed by atoms with Gasteiger partial charge in [-0.3, -0.25) is 9.59 Å². The molecule has 2 amide bonds. The first kappa shape index (κ1) is 16.4. The Labute approximate surface area is 140 Å². The molecule has 2 aliphatic heterocycles. The average Bonchev–Trinajstić information content (AvgIpc) is 2.60. The summed E-state index contributed by atoms with van der Waals surface area (Å²) in [7, 11) is 4.67. The highest BCUT2D eigenvalue weighted by atomic mass is 16.5. The average molecular weight is 334 g/mol. The number of benzene rings is 1. The first-order valence-electron chi connectivity index (χ1n) is 7.88. The van der Waals surface area contributed by atoms with Crippen molar-refractivity contribution in [2.75, 3.05) is 34.4 Å². The van der Waals surface area contributed by atoms with E-state index in [-0.39, 0.29) is 18.2 Å². The summed E-state index contributed by atoms with van der Waals surface area (Å²) in [6, 6.07) is 3.66. The van der Waals surface area contributed by atoms with Crippen LogP contribution in [0.4, 0.5) is 0 Å². The highest BCUT2D eigenvalue weighted by Gasteiger charge is 2.54. The number of carbonyl (C=O) groups is 2. The van der Waals surface area contributed by atoms with Crippen LogP contribution >= 0.6 is 0 Å². The minimum absolute atomic E-state index is 0.0363. The van der Waals surface area contributed by atoms with Gasteiger partial charge in [-0.05, 0) is 18.6 Å². The standard InChI is InChI=1S/C17H22N2O5/c1-22-12-5-4-11(14(23-2)15(12)24-3)9-19-10-17(16(19)21)6-7-18-13(20)8-17/h4-5H,6-10H2,1-3H3,(H,18,20). The second kappa shape index (κ2) is 6.22. The SMILES string of the molecule is COc1ccc(CN2CC3(CCNC(=O)C3)C2=O)c(OC)c1OC. The zero-order valence-corrected chi connectivity index (χ0v) is 14.2. The molecule has 0 bridgehead atoms. The molecule has 2 saturated heterocycles. The quantitative estimate of drug-likeness (QED) is 0.812. The zero-order chi connectivity index (χ0) is 17.3. The van der Waals surface area contributed by atoms with E-state index in [2.05, 4.69) is 5.32 Å². The molecule has 2 fully saturated rings. The van der Waals surface area contributed by atoms with Crippen molar-refractivity contribution in [1.29, 1.82) is 0 Å². The Morgan fingerprint density at radius 1 is 1.12 bits per heavy atom. The highest BCUT2D eigenvalue weighted by Crippen LogP contribution is 2.44. The number of ether oxygens (including phenoxy) is 3. The highest BCUT2D eigenvalue weighted by molar-refractivity contribution is 5.94. The molecule has 1 atom stereocenters. The number of nitrogens with zero attached hydrogens (tertiary/aromatic N) is 1. The third-order valence-corrected chi connectivity index (χ3v) is 4.81. The van der Waals surface area contributed by atoms with Crippen molar-refractivity contribution in [3.8, 4) is 17.2 Å². The molecule has 1 spiro atoms. The Bertz CT molecular complexity index is 675. The summed E-state index contributed by atoms with van der Waals surface area (Å²) in [5.74, 6) is 1.64. The molecule has 7 heteroatoms. The minimum atomic E-state index is -0.508. The number of likely N-dealkylation sites (tertiary alicyclic amines) is 1. The summed E-state index contributed by atoms with van der Waals surface area (Å²) in [6.45, 7) is 1.58. The number of β-lactam (4-membered cyclic amide) rings is 1. The van der Waals surface area contributed by atoms with Crippen LogP contribution in [0.3, 0.4) is 0 Å². The molecule has 0 saturated carbocycles. The van der Waals surface area contributed by atoms with Crippen molar-refractivity contribution in [2.45, 2.75) is 19.4 Å². The van der Waals surface area contributed by atoms with Crippen LogP contribution in [0, 0.1) is 5.41 Å². The number of nitrogens with one attached hydrogen (secondary N) is 1. The molecule has 2 aliphatic rings. The fourth-order valence-electron chi connectivity index (χ4n) is 3.59. The van der Waals surface area contributed by atoms with Crippen molar-refractivity contribution in [3.05, 3.63) is 17.7 Å². The van der Waals surface area contributed by atoms with Crippen molar-refractivity contribution in [2.24, 2.45) is 5.41 Å². The molecule has 7 nitrogen and oxygen atoms in total. The lowest BCUT2D eigenvalue weighted by atomic mass is 9.71. The van der Waals surface area contributed by atoms with Gasteiger partial charge in [0.15, 0.2) is 11.5 Å². The van der Waals surface area contributed by atoms with Crippen LogP contribution in [0.2, 0.25) is 0 Å². The molecule has 1 aromatic rings. The van der Waals surface area contributed by atoms with E-state index in [1.54, 1.807) is 32.3 Å². The van der Waals surface area contributed by atoms with Crippen LogP contribution in [0.1, 0.15) is 18.4 Å². The van der Waals surface area contributed by atoms with Crippen LogP contribution < -0.4 is 19.5 Å². The molecule has 2 heterocycles. The van der Waals surface area contributed by atoms with Gasteiger partial charge >= 0.3 is 0 Å². The van der Waals surface area contributed by atoms with Crippen molar-refractivity contribution in [3.63, 3.8) is 0 Å². The first-order chi connectivity index (χ1) is 11.5. The van der Waals surface area contributed by atoms with E-state index in [0.717, 1.165) is 5.56 Å². The van der Waals surface area contributed by atoms with E-state index in [1.165, 1.54) is 0 Å². The van der Waals surface area contributed by atoms with Crippen LogP contribution in [0.5, 0.6) is 17.2 Å². The lowest BCUT2D eigenvalue weighted by Gasteiger charge is -2.50. The van der Waals surface area contributed by atoms with Crippen LogP contribution in [0.25, 0.3) is 0 Å². The lowest BCUT2D eigenvalue weighted by Crippen LogP contribution is -2.64. The third-order valence-electron chi connectivity index (χ3n) is 4.81. The Hall–Kier alpha value is -2.44. The van der Waals surface area contributed by atoms with Gasteiger partial charge in [-0.2, -0.15) is 0 Å². The summed E-state index contributed by atoms with van der Waals surface area (Å²) < 4.78 is 16.1. The topological polar surface area (TPSA) is 77.1 Å². The molecule has 24 heavy (non-hydrogen) atoms. The molecule has 3 rings (SSSR count). The second-order valence-corrected chi connectivity index (χ2v) is 6.21. The number of rotatable bonds is 5. The van der Waals surface area contributed by atoms with Gasteiger partial charge in [0.05, 0.1) is 26.7 Å². The molecule has 0 radical (unpaired) electrons. The van der Waals surface area contributed by atoms with Gasteiger partial charge in [-0.15, -0.1) is 0 Å². The molecule has 130 valence electrons. The van der Waals surface area contributed by atoms with Gasteiger partial charge in [0.2, 0.25) is 17.6 Å². The van der Waals surface area contributed by atoms with E-state index < -0.39 is 5.41 Å². The van der Waals surface area contributed by atoms with Crippen LogP contribution in [-0.2, 0) is 16.1 Å².